The molecule has 0 amide bonds. The minimum Gasteiger partial charge on any atom is -0.463 e. The SMILES string of the molecule is Cc1cc(F)ccc1CN1CCc2cc(-c3c(C(C)Br)nc(C)c(CC(=O)OC(C)C)c3N3CCC(C)(C)CC3)ccc2C1. The maximum atomic E-state index is 13.7. The van der Waals surface area contributed by atoms with Crippen molar-refractivity contribution < 1.29 is 13.9 Å². The Morgan fingerprint density at radius 1 is 1.05 bits per heavy atom. The van der Waals surface area contributed by atoms with E-state index in [1.54, 1.807) is 12.1 Å². The van der Waals surface area contributed by atoms with E-state index in [2.05, 4.69) is 64.7 Å². The molecule has 44 heavy (non-hydrogen) atoms. The monoisotopic (exact) mass is 663 g/mol. The van der Waals surface area contributed by atoms with E-state index in [0.717, 1.165) is 91.3 Å². The van der Waals surface area contributed by atoms with Crippen LogP contribution in [0.5, 0.6) is 0 Å². The number of carbonyl (C=O) groups is 1. The van der Waals surface area contributed by atoms with Gasteiger partial charge < -0.3 is 9.64 Å². The lowest BCUT2D eigenvalue weighted by Crippen LogP contribution is -2.38. The van der Waals surface area contributed by atoms with Gasteiger partial charge in [0, 0.05) is 49.5 Å². The van der Waals surface area contributed by atoms with Crippen molar-refractivity contribution in [3.8, 4) is 11.1 Å². The van der Waals surface area contributed by atoms with Gasteiger partial charge >= 0.3 is 5.97 Å². The Morgan fingerprint density at radius 2 is 1.77 bits per heavy atom. The van der Waals surface area contributed by atoms with Crippen molar-refractivity contribution in [2.45, 2.75) is 98.2 Å². The van der Waals surface area contributed by atoms with E-state index in [1.165, 1.54) is 16.7 Å². The molecule has 2 aliphatic heterocycles. The number of aryl methyl sites for hydroxylation is 2. The highest BCUT2D eigenvalue weighted by molar-refractivity contribution is 9.09. The van der Waals surface area contributed by atoms with Gasteiger partial charge in [-0.2, -0.15) is 0 Å². The van der Waals surface area contributed by atoms with Crippen LogP contribution in [0.15, 0.2) is 36.4 Å². The third kappa shape index (κ3) is 7.37. The van der Waals surface area contributed by atoms with Gasteiger partial charge in [-0.1, -0.05) is 54.0 Å². The van der Waals surface area contributed by atoms with Crippen molar-refractivity contribution >= 4 is 27.6 Å². The minimum absolute atomic E-state index is 0.0401. The molecule has 1 saturated heterocycles. The van der Waals surface area contributed by atoms with Gasteiger partial charge in [-0.25, -0.2) is 4.39 Å². The lowest BCUT2D eigenvalue weighted by atomic mass is 9.81. The highest BCUT2D eigenvalue weighted by Gasteiger charge is 2.32. The fourth-order valence-corrected chi connectivity index (χ4v) is 6.98. The van der Waals surface area contributed by atoms with Gasteiger partial charge in [0.25, 0.3) is 0 Å². The van der Waals surface area contributed by atoms with E-state index < -0.39 is 0 Å². The zero-order valence-corrected chi connectivity index (χ0v) is 29.0. The first kappa shape index (κ1) is 32.6. The second-order valence-electron chi connectivity index (χ2n) is 13.8. The molecular formula is C37H47BrFN3O2. The predicted octanol–water partition coefficient (Wildman–Crippen LogP) is 8.64. The molecule has 1 unspecified atom stereocenters. The van der Waals surface area contributed by atoms with E-state index in [4.69, 9.17) is 9.72 Å². The van der Waals surface area contributed by atoms with Crippen LogP contribution in [-0.2, 0) is 35.5 Å². The molecule has 2 aliphatic rings. The van der Waals surface area contributed by atoms with Crippen LogP contribution in [0.1, 0.15) is 91.5 Å². The number of alkyl halides is 1. The molecule has 3 aromatic rings. The quantitative estimate of drug-likeness (QED) is 0.178. The first-order chi connectivity index (χ1) is 20.8. The van der Waals surface area contributed by atoms with Crippen molar-refractivity contribution in [2.75, 3.05) is 24.5 Å². The highest BCUT2D eigenvalue weighted by atomic mass is 79.9. The molecule has 1 atom stereocenters. The summed E-state index contributed by atoms with van der Waals surface area (Å²) in [4.78, 5) is 23.2. The number of carbonyl (C=O) groups excluding carboxylic acids is 1. The first-order valence-electron chi connectivity index (χ1n) is 16.0. The van der Waals surface area contributed by atoms with Crippen LogP contribution in [0.2, 0.25) is 0 Å². The molecule has 0 saturated carbocycles. The van der Waals surface area contributed by atoms with Crippen LogP contribution < -0.4 is 4.90 Å². The standard InChI is InChI=1S/C37H47BrFN3O2/c1-23(2)44-33(43)20-32-26(5)40-35(25(4)38)34(36(32)42-16-13-37(6,7)14-17-42)28-8-9-30-22-41(15-12-27(30)19-28)21-29-10-11-31(39)18-24(29)3/h8-11,18-19,23,25H,12-17,20-22H2,1-7H3. The number of halogens is 2. The van der Waals surface area contributed by atoms with Crippen molar-refractivity contribution in [3.63, 3.8) is 0 Å². The second kappa shape index (κ2) is 13.3. The Labute approximate surface area is 271 Å². The average Bonchev–Trinajstić information content (AvgIpc) is 2.94. The summed E-state index contributed by atoms with van der Waals surface area (Å²) in [5.74, 6) is -0.394. The number of aromatic nitrogens is 1. The molecule has 0 N–H and O–H groups in total. The Morgan fingerprint density at radius 3 is 2.43 bits per heavy atom. The number of esters is 1. The molecule has 5 nitrogen and oxygen atoms in total. The summed E-state index contributed by atoms with van der Waals surface area (Å²) in [6, 6.07) is 12.0. The number of nitrogens with zero attached hydrogens (tertiary/aromatic N) is 3. The maximum Gasteiger partial charge on any atom is 0.310 e. The van der Waals surface area contributed by atoms with E-state index in [-0.39, 0.29) is 29.1 Å². The number of benzene rings is 2. The van der Waals surface area contributed by atoms with E-state index in [0.29, 0.717) is 5.41 Å². The number of fused-ring (bicyclic) bond motifs is 1. The normalized spacial score (nSPS) is 17.5. The van der Waals surface area contributed by atoms with Crippen LogP contribution in [0, 0.1) is 25.1 Å². The molecule has 1 aromatic heterocycles. The van der Waals surface area contributed by atoms with Gasteiger partial charge in [0.05, 0.1) is 28.7 Å². The minimum atomic E-state index is -0.212. The molecule has 236 valence electrons. The van der Waals surface area contributed by atoms with Gasteiger partial charge in [0.2, 0.25) is 0 Å². The fourth-order valence-electron chi connectivity index (χ4n) is 6.64. The van der Waals surface area contributed by atoms with Crippen molar-refractivity contribution in [3.05, 3.63) is 81.4 Å². The van der Waals surface area contributed by atoms with E-state index >= 15 is 0 Å². The molecule has 1 fully saturated rings. The Hall–Kier alpha value is -2.77. The van der Waals surface area contributed by atoms with Gasteiger partial charge in [0.1, 0.15) is 5.82 Å². The number of piperidine rings is 1. The summed E-state index contributed by atoms with van der Waals surface area (Å²) in [5.41, 5.74) is 11.4. The van der Waals surface area contributed by atoms with Gasteiger partial charge in [-0.3, -0.25) is 14.7 Å². The number of hydrogen-bond acceptors (Lipinski definition) is 5. The van der Waals surface area contributed by atoms with Gasteiger partial charge in [0.15, 0.2) is 0 Å². The summed E-state index contributed by atoms with van der Waals surface area (Å²) < 4.78 is 19.3. The summed E-state index contributed by atoms with van der Waals surface area (Å²) in [7, 11) is 0. The molecule has 0 spiro atoms. The topological polar surface area (TPSA) is 45.7 Å². The number of pyridine rings is 1. The lowest BCUT2D eigenvalue weighted by Gasteiger charge is -2.40. The van der Waals surface area contributed by atoms with E-state index in [1.807, 2.05) is 33.8 Å². The van der Waals surface area contributed by atoms with Crippen LogP contribution in [0.4, 0.5) is 10.1 Å². The number of anilines is 1. The third-order valence-corrected chi connectivity index (χ3v) is 9.72. The predicted molar refractivity (Wildman–Crippen MR) is 181 cm³/mol. The summed E-state index contributed by atoms with van der Waals surface area (Å²) in [5, 5.41) is 0. The molecule has 3 heterocycles. The van der Waals surface area contributed by atoms with Crippen LogP contribution >= 0.6 is 15.9 Å². The summed E-state index contributed by atoms with van der Waals surface area (Å²) >= 11 is 3.87. The third-order valence-electron chi connectivity index (χ3n) is 9.29. The first-order valence-corrected chi connectivity index (χ1v) is 16.9. The molecule has 0 aliphatic carbocycles. The summed E-state index contributed by atoms with van der Waals surface area (Å²) in [6.45, 7) is 19.1. The summed E-state index contributed by atoms with van der Waals surface area (Å²) in [6.07, 6.45) is 3.18. The zero-order chi connectivity index (χ0) is 31.8. The lowest BCUT2D eigenvalue weighted by molar-refractivity contribution is -0.146. The van der Waals surface area contributed by atoms with Crippen molar-refractivity contribution in [1.82, 2.24) is 9.88 Å². The molecular weight excluding hydrogens is 617 g/mol. The Bertz CT molecular complexity index is 1520. The molecule has 2 aromatic carbocycles. The Kier molecular flexibility index (Phi) is 9.86. The zero-order valence-electron chi connectivity index (χ0n) is 27.4. The van der Waals surface area contributed by atoms with Crippen LogP contribution in [0.25, 0.3) is 11.1 Å². The number of ether oxygens (including phenoxy) is 1. The highest BCUT2D eigenvalue weighted by Crippen LogP contribution is 2.45. The van der Waals surface area contributed by atoms with Crippen LogP contribution in [0.3, 0.4) is 0 Å². The molecule has 5 rings (SSSR count). The average molecular weight is 665 g/mol. The van der Waals surface area contributed by atoms with Gasteiger partial charge in [-0.15, -0.1) is 0 Å². The number of hydrogen-bond donors (Lipinski definition) is 0. The van der Waals surface area contributed by atoms with Gasteiger partial charge in [-0.05, 0) is 99.2 Å². The van der Waals surface area contributed by atoms with Crippen LogP contribution in [-0.4, -0.2) is 41.6 Å². The number of rotatable bonds is 8. The van der Waals surface area contributed by atoms with Crippen molar-refractivity contribution in [1.29, 1.82) is 0 Å². The molecule has 7 heteroatoms. The maximum absolute atomic E-state index is 13.7. The molecule has 0 radical (unpaired) electrons. The smallest absolute Gasteiger partial charge is 0.310 e. The van der Waals surface area contributed by atoms with Crippen molar-refractivity contribution in [2.24, 2.45) is 5.41 Å². The largest absolute Gasteiger partial charge is 0.463 e. The Balaban J connectivity index is 1.55. The second-order valence-corrected chi connectivity index (χ2v) is 15.2. The molecule has 0 bridgehead atoms. The van der Waals surface area contributed by atoms with E-state index in [9.17, 15) is 9.18 Å². The fraction of sp³-hybridized carbons (Fsp3) is 0.514.